The number of hydrogen-bond acceptors (Lipinski definition) is 4. The molecule has 0 aliphatic heterocycles. The first kappa shape index (κ1) is 12.9. The van der Waals surface area contributed by atoms with Crippen molar-refractivity contribution in [3.8, 4) is 16.3 Å². The van der Waals surface area contributed by atoms with Gasteiger partial charge in [0.2, 0.25) is 0 Å². The van der Waals surface area contributed by atoms with E-state index in [0.29, 0.717) is 10.2 Å². The molecule has 0 saturated carbocycles. The topological polar surface area (TPSA) is 47.8 Å². The van der Waals surface area contributed by atoms with Crippen molar-refractivity contribution in [1.29, 1.82) is 0 Å². The Kier molecular flexibility index (Phi) is 3.05. The third kappa shape index (κ3) is 2.12. The monoisotopic (exact) mass is 305 g/mol. The summed E-state index contributed by atoms with van der Waals surface area (Å²) in [6, 6.07) is 19.3. The van der Waals surface area contributed by atoms with Gasteiger partial charge in [0, 0.05) is 5.56 Å². The first-order valence-electron chi connectivity index (χ1n) is 6.83. The van der Waals surface area contributed by atoms with Crippen LogP contribution in [0.3, 0.4) is 0 Å². The highest BCUT2D eigenvalue weighted by molar-refractivity contribution is 7.21. The van der Waals surface area contributed by atoms with Crippen LogP contribution in [0.1, 0.15) is 0 Å². The zero-order valence-electron chi connectivity index (χ0n) is 11.5. The molecular weight excluding hydrogens is 294 g/mol. The lowest BCUT2D eigenvalue weighted by atomic mass is 10.2. The van der Waals surface area contributed by atoms with Crippen molar-refractivity contribution >= 4 is 21.6 Å². The van der Waals surface area contributed by atoms with Crippen molar-refractivity contribution in [2.75, 3.05) is 0 Å². The molecule has 22 heavy (non-hydrogen) atoms. The number of aromatic nitrogens is 3. The predicted molar refractivity (Wildman–Crippen MR) is 88.4 cm³/mol. The lowest BCUT2D eigenvalue weighted by Gasteiger charge is -2.02. The van der Waals surface area contributed by atoms with E-state index >= 15 is 0 Å². The number of fused-ring (bicyclic) bond motifs is 1. The van der Waals surface area contributed by atoms with Crippen LogP contribution >= 0.6 is 11.3 Å². The summed E-state index contributed by atoms with van der Waals surface area (Å²) in [6.45, 7) is 0. The van der Waals surface area contributed by atoms with Gasteiger partial charge >= 0.3 is 0 Å². The minimum Gasteiger partial charge on any atom is -0.266 e. The third-order valence-corrected chi connectivity index (χ3v) is 4.47. The van der Waals surface area contributed by atoms with E-state index in [1.54, 1.807) is 6.20 Å². The summed E-state index contributed by atoms with van der Waals surface area (Å²) in [5.74, 6) is 0. The second kappa shape index (κ2) is 5.20. The van der Waals surface area contributed by atoms with Crippen LogP contribution in [0.4, 0.5) is 0 Å². The maximum atomic E-state index is 12.6. The van der Waals surface area contributed by atoms with E-state index in [1.165, 1.54) is 16.0 Å². The molecule has 0 aliphatic rings. The molecule has 4 nitrogen and oxygen atoms in total. The molecule has 0 spiro atoms. The summed E-state index contributed by atoms with van der Waals surface area (Å²) in [5.41, 5.74) is 2.27. The van der Waals surface area contributed by atoms with Gasteiger partial charge in [0.25, 0.3) is 5.56 Å². The summed E-state index contributed by atoms with van der Waals surface area (Å²) in [7, 11) is 0. The van der Waals surface area contributed by atoms with Crippen molar-refractivity contribution in [3.63, 3.8) is 0 Å². The Morgan fingerprint density at radius 1 is 0.909 bits per heavy atom. The molecule has 0 saturated heterocycles. The lowest BCUT2D eigenvalue weighted by molar-refractivity contribution is 0.821. The summed E-state index contributed by atoms with van der Waals surface area (Å²) in [4.78, 5) is 17.2. The van der Waals surface area contributed by atoms with Crippen molar-refractivity contribution in [2.45, 2.75) is 0 Å². The number of nitrogens with zero attached hydrogens (tertiary/aromatic N) is 3. The Labute approximate surface area is 130 Å². The summed E-state index contributed by atoms with van der Waals surface area (Å²) < 4.78 is 2.03. The van der Waals surface area contributed by atoms with Crippen LogP contribution in [0.25, 0.3) is 26.5 Å². The lowest BCUT2D eigenvalue weighted by Crippen LogP contribution is -2.19. The summed E-state index contributed by atoms with van der Waals surface area (Å²) in [5, 5.41) is 5.07. The van der Waals surface area contributed by atoms with Crippen LogP contribution < -0.4 is 5.56 Å². The first-order valence-corrected chi connectivity index (χ1v) is 7.64. The van der Waals surface area contributed by atoms with Crippen LogP contribution in [-0.4, -0.2) is 14.8 Å². The van der Waals surface area contributed by atoms with Crippen LogP contribution in [0.2, 0.25) is 0 Å². The largest absolute Gasteiger partial charge is 0.291 e. The van der Waals surface area contributed by atoms with Gasteiger partial charge in [-0.15, -0.1) is 11.3 Å². The highest BCUT2D eigenvalue weighted by Gasteiger charge is 2.12. The zero-order chi connectivity index (χ0) is 14.9. The minimum atomic E-state index is -0.136. The van der Waals surface area contributed by atoms with Gasteiger partial charge in [0.05, 0.1) is 11.9 Å². The molecule has 2 aromatic heterocycles. The van der Waals surface area contributed by atoms with E-state index in [4.69, 9.17) is 0 Å². The Hall–Kier alpha value is -2.79. The van der Waals surface area contributed by atoms with Crippen LogP contribution in [0.5, 0.6) is 0 Å². The van der Waals surface area contributed by atoms with E-state index in [-0.39, 0.29) is 5.56 Å². The van der Waals surface area contributed by atoms with Crippen molar-refractivity contribution in [3.05, 3.63) is 77.2 Å². The molecule has 0 atom stereocenters. The Balaban J connectivity index is 1.92. The van der Waals surface area contributed by atoms with E-state index in [1.807, 2.05) is 60.7 Å². The Morgan fingerprint density at radius 2 is 1.59 bits per heavy atom. The fourth-order valence-corrected chi connectivity index (χ4v) is 3.26. The van der Waals surface area contributed by atoms with Crippen LogP contribution in [0, 0.1) is 0 Å². The summed E-state index contributed by atoms with van der Waals surface area (Å²) in [6.07, 6.45) is 1.65. The van der Waals surface area contributed by atoms with Gasteiger partial charge in [-0.05, 0) is 12.1 Å². The van der Waals surface area contributed by atoms with Gasteiger partial charge < -0.3 is 0 Å². The molecule has 0 bridgehead atoms. The SMILES string of the molecule is O=c1c2sc(-c3ccccc3)nc2cnn1-c1ccccc1. The van der Waals surface area contributed by atoms with E-state index in [0.717, 1.165) is 16.3 Å². The van der Waals surface area contributed by atoms with Gasteiger partial charge in [-0.25, -0.2) is 4.98 Å². The van der Waals surface area contributed by atoms with E-state index in [2.05, 4.69) is 10.1 Å². The fourth-order valence-electron chi connectivity index (χ4n) is 2.29. The molecular formula is C17H11N3OS. The normalized spacial score (nSPS) is 10.9. The van der Waals surface area contributed by atoms with Gasteiger partial charge in [-0.2, -0.15) is 9.78 Å². The third-order valence-electron chi connectivity index (χ3n) is 3.36. The molecule has 0 radical (unpaired) electrons. The molecule has 106 valence electrons. The molecule has 0 amide bonds. The number of rotatable bonds is 2. The van der Waals surface area contributed by atoms with Crippen LogP contribution in [0.15, 0.2) is 71.7 Å². The standard InChI is InChI=1S/C17H11N3OS/c21-17-15-14(11-18-20(17)13-9-5-2-6-10-13)19-16(22-15)12-7-3-1-4-8-12/h1-11H. The minimum absolute atomic E-state index is 0.136. The molecule has 0 aliphatic carbocycles. The highest BCUT2D eigenvalue weighted by atomic mass is 32.1. The van der Waals surface area contributed by atoms with Crippen molar-refractivity contribution in [2.24, 2.45) is 0 Å². The van der Waals surface area contributed by atoms with Gasteiger partial charge in [0.1, 0.15) is 15.2 Å². The average molecular weight is 305 g/mol. The maximum absolute atomic E-state index is 12.6. The number of hydrogen-bond donors (Lipinski definition) is 0. The Bertz CT molecular complexity index is 991. The molecule has 2 heterocycles. The number of thiazole rings is 1. The first-order chi connectivity index (χ1) is 10.8. The highest BCUT2D eigenvalue weighted by Crippen LogP contribution is 2.27. The molecule has 0 fully saturated rings. The molecule has 2 aromatic carbocycles. The maximum Gasteiger partial charge on any atom is 0.291 e. The van der Waals surface area contributed by atoms with Gasteiger partial charge in [0.15, 0.2) is 0 Å². The average Bonchev–Trinajstić information content (AvgIpc) is 3.02. The van der Waals surface area contributed by atoms with E-state index in [9.17, 15) is 4.79 Å². The summed E-state index contributed by atoms with van der Waals surface area (Å²) >= 11 is 1.40. The van der Waals surface area contributed by atoms with Gasteiger partial charge in [-0.3, -0.25) is 4.79 Å². The molecule has 0 unspecified atom stereocenters. The van der Waals surface area contributed by atoms with Crippen molar-refractivity contribution in [1.82, 2.24) is 14.8 Å². The van der Waals surface area contributed by atoms with Crippen molar-refractivity contribution < 1.29 is 0 Å². The number of para-hydroxylation sites is 1. The molecule has 5 heteroatoms. The van der Waals surface area contributed by atoms with E-state index < -0.39 is 0 Å². The fraction of sp³-hybridized carbons (Fsp3) is 0. The molecule has 0 N–H and O–H groups in total. The number of benzene rings is 2. The quantitative estimate of drug-likeness (QED) is 0.569. The second-order valence-corrected chi connectivity index (χ2v) is 5.80. The Morgan fingerprint density at radius 3 is 2.32 bits per heavy atom. The molecule has 4 rings (SSSR count). The smallest absolute Gasteiger partial charge is 0.266 e. The van der Waals surface area contributed by atoms with Gasteiger partial charge in [-0.1, -0.05) is 48.5 Å². The molecule has 4 aromatic rings. The predicted octanol–water partition coefficient (Wildman–Crippen LogP) is 3.51. The second-order valence-electron chi connectivity index (χ2n) is 4.80. The zero-order valence-corrected chi connectivity index (χ0v) is 12.3. The van der Waals surface area contributed by atoms with Crippen LogP contribution in [-0.2, 0) is 0 Å².